The van der Waals surface area contributed by atoms with Gasteiger partial charge in [0.15, 0.2) is 11.5 Å². The molecule has 2 aliphatic rings. The minimum Gasteiger partial charge on any atom is -0.466 e. The molecule has 3 aromatic heterocycles. The second-order valence-corrected chi connectivity index (χ2v) is 8.09. The number of nitrogens with zero attached hydrogens (tertiary/aromatic N) is 6. The van der Waals surface area contributed by atoms with Crippen molar-refractivity contribution in [1.82, 2.24) is 29.8 Å². The summed E-state index contributed by atoms with van der Waals surface area (Å²) in [5.41, 5.74) is 2.12. The van der Waals surface area contributed by atoms with Gasteiger partial charge < -0.3 is 19.5 Å². The normalized spacial score (nSPS) is 19.4. The van der Waals surface area contributed by atoms with Crippen molar-refractivity contribution in [3.05, 3.63) is 18.2 Å². The van der Waals surface area contributed by atoms with Gasteiger partial charge in [0.2, 0.25) is 5.91 Å². The number of hydrogen-bond acceptors (Lipinski definition) is 9. The van der Waals surface area contributed by atoms with Crippen molar-refractivity contribution in [3.8, 4) is 11.5 Å². The number of amides is 1. The molecule has 0 aliphatic carbocycles. The van der Waals surface area contributed by atoms with E-state index < -0.39 is 0 Å². The lowest BCUT2D eigenvalue weighted by molar-refractivity contribution is -0.147. The van der Waals surface area contributed by atoms with E-state index in [1.807, 2.05) is 6.92 Å². The number of hydrogen-bond donors (Lipinski definition) is 1. The average Bonchev–Trinajstić information content (AvgIpc) is 3.43. The summed E-state index contributed by atoms with van der Waals surface area (Å²) in [6.07, 6.45) is 6.88. The van der Waals surface area contributed by atoms with E-state index in [-0.39, 0.29) is 24.3 Å². The molecule has 2 fully saturated rings. The van der Waals surface area contributed by atoms with Crippen LogP contribution in [0.4, 0.5) is 5.69 Å². The highest BCUT2D eigenvalue weighted by Crippen LogP contribution is 2.34. The fourth-order valence-electron chi connectivity index (χ4n) is 4.21. The fourth-order valence-corrected chi connectivity index (χ4v) is 4.21. The quantitative estimate of drug-likeness (QED) is 0.574. The number of carbonyl (C=O) groups excluding carboxylic acids is 2. The maximum Gasteiger partial charge on any atom is 0.307 e. The first kappa shape index (κ1) is 20.4. The molecule has 0 radical (unpaired) electrons. The van der Waals surface area contributed by atoms with Gasteiger partial charge in [-0.25, -0.2) is 9.67 Å². The Morgan fingerprint density at radius 3 is 2.97 bits per heavy atom. The Morgan fingerprint density at radius 2 is 2.16 bits per heavy atom. The number of cyclic esters (lactones) is 1. The van der Waals surface area contributed by atoms with Gasteiger partial charge in [-0.15, -0.1) is 0 Å². The van der Waals surface area contributed by atoms with Crippen LogP contribution < -0.4 is 5.32 Å². The number of fused-ring (bicyclic) bond motifs is 1. The molecule has 2 aliphatic heterocycles. The molecule has 0 bridgehead atoms. The Bertz CT molecular complexity index is 1150. The number of rotatable bonds is 6. The van der Waals surface area contributed by atoms with Gasteiger partial charge in [-0.2, -0.15) is 10.1 Å². The van der Waals surface area contributed by atoms with Crippen LogP contribution in [-0.2, 0) is 27.4 Å². The van der Waals surface area contributed by atoms with Gasteiger partial charge in [0.05, 0.1) is 42.4 Å². The summed E-state index contributed by atoms with van der Waals surface area (Å²) in [5.74, 6) is 0.649. The van der Waals surface area contributed by atoms with E-state index in [9.17, 15) is 9.59 Å². The number of aryl methyl sites for hydroxylation is 1. The Morgan fingerprint density at radius 1 is 1.25 bits per heavy atom. The van der Waals surface area contributed by atoms with Gasteiger partial charge in [-0.3, -0.25) is 9.59 Å². The Labute approximate surface area is 184 Å². The fraction of sp³-hybridized carbons (Fsp3) is 0.524. The van der Waals surface area contributed by atoms with Crippen LogP contribution in [0.1, 0.15) is 44.9 Å². The predicted octanol–water partition coefficient (Wildman–Crippen LogP) is 2.13. The van der Waals surface area contributed by atoms with E-state index in [2.05, 4.69) is 25.5 Å². The van der Waals surface area contributed by atoms with Crippen LogP contribution in [0.15, 0.2) is 16.9 Å². The van der Waals surface area contributed by atoms with E-state index in [0.717, 1.165) is 29.6 Å². The molecule has 0 saturated carbocycles. The van der Waals surface area contributed by atoms with Crippen molar-refractivity contribution in [2.45, 2.75) is 58.2 Å². The number of likely N-dealkylation sites (tertiary alicyclic amines) is 1. The van der Waals surface area contributed by atoms with Crippen molar-refractivity contribution in [2.75, 3.05) is 18.5 Å². The number of pyridine rings is 1. The first-order valence-electron chi connectivity index (χ1n) is 11.0. The average molecular weight is 439 g/mol. The molecule has 0 spiro atoms. The summed E-state index contributed by atoms with van der Waals surface area (Å²) in [7, 11) is 0. The van der Waals surface area contributed by atoms with Gasteiger partial charge in [-0.05, 0) is 19.8 Å². The van der Waals surface area contributed by atoms with Crippen molar-refractivity contribution >= 4 is 28.6 Å². The number of esters is 1. The zero-order valence-corrected chi connectivity index (χ0v) is 17.9. The third-order valence-electron chi connectivity index (χ3n) is 5.91. The molecule has 32 heavy (non-hydrogen) atoms. The lowest BCUT2D eigenvalue weighted by Gasteiger charge is -2.25. The molecule has 11 nitrogen and oxygen atoms in total. The van der Waals surface area contributed by atoms with Gasteiger partial charge in [0.1, 0.15) is 0 Å². The van der Waals surface area contributed by atoms with Crippen LogP contribution in [0.2, 0.25) is 0 Å². The smallest absolute Gasteiger partial charge is 0.307 e. The van der Waals surface area contributed by atoms with E-state index in [0.29, 0.717) is 56.4 Å². The summed E-state index contributed by atoms with van der Waals surface area (Å²) >= 11 is 0. The van der Waals surface area contributed by atoms with Gasteiger partial charge in [-0.1, -0.05) is 5.16 Å². The van der Waals surface area contributed by atoms with Crippen LogP contribution in [0.25, 0.3) is 22.5 Å². The molecule has 1 amide bonds. The lowest BCUT2D eigenvalue weighted by Crippen LogP contribution is -2.34. The number of aromatic nitrogens is 5. The molecule has 1 atom stereocenters. The Hall–Kier alpha value is -3.50. The van der Waals surface area contributed by atoms with Crippen molar-refractivity contribution in [1.29, 1.82) is 0 Å². The maximum atomic E-state index is 12.1. The molecule has 1 N–H and O–H groups in total. The first-order chi connectivity index (χ1) is 15.6. The van der Waals surface area contributed by atoms with E-state index in [1.54, 1.807) is 22.0 Å². The van der Waals surface area contributed by atoms with Gasteiger partial charge >= 0.3 is 5.97 Å². The zero-order valence-electron chi connectivity index (χ0n) is 17.9. The molecule has 0 aromatic carbocycles. The largest absolute Gasteiger partial charge is 0.466 e. The first-order valence-corrected chi connectivity index (χ1v) is 11.0. The second kappa shape index (κ2) is 8.56. The molecule has 1 unspecified atom stereocenters. The maximum absolute atomic E-state index is 12.1. The minimum absolute atomic E-state index is 0.0843. The monoisotopic (exact) mass is 439 g/mol. The van der Waals surface area contributed by atoms with E-state index in [4.69, 9.17) is 9.26 Å². The van der Waals surface area contributed by atoms with Crippen LogP contribution >= 0.6 is 0 Å². The van der Waals surface area contributed by atoms with Crippen LogP contribution in [-0.4, -0.2) is 60.9 Å². The van der Waals surface area contributed by atoms with Gasteiger partial charge in [0.25, 0.3) is 5.89 Å². The van der Waals surface area contributed by atoms with Crippen LogP contribution in [0.5, 0.6) is 0 Å². The number of nitrogens with one attached hydrogen (secondary N) is 1. The number of anilines is 1. The molecule has 2 saturated heterocycles. The molecule has 168 valence electrons. The second-order valence-electron chi connectivity index (χ2n) is 8.09. The van der Waals surface area contributed by atoms with E-state index >= 15 is 0 Å². The molecular formula is C21H25N7O4. The van der Waals surface area contributed by atoms with Crippen molar-refractivity contribution in [2.24, 2.45) is 0 Å². The SMILES string of the molecule is CCn1ncc2c(NC3CCOC(=O)C3)c(-c3nc(CN4CCCCC4=O)no3)cnc21. The summed E-state index contributed by atoms with van der Waals surface area (Å²) in [5, 5.41) is 12.8. The van der Waals surface area contributed by atoms with Gasteiger partial charge in [0, 0.05) is 38.2 Å². The minimum atomic E-state index is -0.226. The lowest BCUT2D eigenvalue weighted by atomic mass is 10.1. The van der Waals surface area contributed by atoms with Crippen LogP contribution in [0.3, 0.4) is 0 Å². The number of carbonyl (C=O) groups is 2. The topological polar surface area (TPSA) is 128 Å². The molecular weight excluding hydrogens is 414 g/mol. The van der Waals surface area contributed by atoms with Crippen molar-refractivity contribution in [3.63, 3.8) is 0 Å². The van der Waals surface area contributed by atoms with Crippen LogP contribution in [0, 0.1) is 0 Å². The predicted molar refractivity (Wildman–Crippen MR) is 113 cm³/mol. The summed E-state index contributed by atoms with van der Waals surface area (Å²) in [6.45, 7) is 4.08. The summed E-state index contributed by atoms with van der Waals surface area (Å²) < 4.78 is 12.4. The highest BCUT2D eigenvalue weighted by atomic mass is 16.5. The standard InChI is InChI=1S/C21H25N7O4/c1-2-28-20-14(11-23-28)19(24-13-6-8-31-18(30)9-13)15(10-22-20)21-25-16(26-32-21)12-27-7-4-3-5-17(27)29/h10-11,13H,2-9,12H2,1H3,(H,22,24). The Balaban J connectivity index is 1.48. The number of piperidine rings is 1. The zero-order chi connectivity index (χ0) is 22.1. The molecule has 11 heteroatoms. The summed E-state index contributed by atoms with van der Waals surface area (Å²) in [6, 6.07) is -0.0843. The third kappa shape index (κ3) is 3.90. The summed E-state index contributed by atoms with van der Waals surface area (Å²) in [4.78, 5) is 34.8. The third-order valence-corrected chi connectivity index (χ3v) is 5.91. The highest BCUT2D eigenvalue weighted by Gasteiger charge is 2.26. The van der Waals surface area contributed by atoms with E-state index in [1.165, 1.54) is 0 Å². The molecule has 3 aromatic rings. The molecule has 5 rings (SSSR count). The molecule has 5 heterocycles. The number of ether oxygens (including phenoxy) is 1. The Kier molecular flexibility index (Phi) is 5.46. The van der Waals surface area contributed by atoms with Crippen molar-refractivity contribution < 1.29 is 18.8 Å². The highest BCUT2D eigenvalue weighted by molar-refractivity contribution is 5.96.